The van der Waals surface area contributed by atoms with E-state index < -0.39 is 5.97 Å². The van der Waals surface area contributed by atoms with E-state index in [1.165, 1.54) is 18.0 Å². The smallest absolute Gasteiger partial charge is 0.343 e. The Morgan fingerprint density at radius 3 is 2.90 bits per heavy atom. The summed E-state index contributed by atoms with van der Waals surface area (Å²) >= 11 is 1.35. The van der Waals surface area contributed by atoms with Gasteiger partial charge in [-0.2, -0.15) is 0 Å². The van der Waals surface area contributed by atoms with Crippen molar-refractivity contribution < 1.29 is 9.53 Å². The predicted molar refractivity (Wildman–Crippen MR) is 75.5 cm³/mol. The zero-order valence-corrected chi connectivity index (χ0v) is 12.7. The molecule has 0 saturated carbocycles. The minimum absolute atomic E-state index is 0.0576. The summed E-state index contributed by atoms with van der Waals surface area (Å²) in [5, 5.41) is 11.7. The van der Waals surface area contributed by atoms with Crippen LogP contribution in [0.1, 0.15) is 35.3 Å². The van der Waals surface area contributed by atoms with Gasteiger partial charge < -0.3 is 10.5 Å². The topological polar surface area (TPSA) is 122 Å². The van der Waals surface area contributed by atoms with Crippen LogP contribution >= 0.6 is 11.8 Å². The second-order valence-corrected chi connectivity index (χ2v) is 5.40. The Labute approximate surface area is 125 Å². The first kappa shape index (κ1) is 15.2. The zero-order valence-electron chi connectivity index (χ0n) is 11.8. The number of rotatable bonds is 5. The molecule has 21 heavy (non-hydrogen) atoms. The first-order valence-corrected chi connectivity index (χ1v) is 7.09. The highest BCUT2D eigenvalue weighted by molar-refractivity contribution is 7.99. The molecular formula is C11H15N7O2S. The van der Waals surface area contributed by atoms with Crippen LogP contribution in [0.3, 0.4) is 0 Å². The molecule has 0 spiro atoms. The van der Waals surface area contributed by atoms with Crippen molar-refractivity contribution in [1.82, 2.24) is 30.2 Å². The van der Waals surface area contributed by atoms with Crippen LogP contribution in [-0.4, -0.2) is 42.8 Å². The maximum Gasteiger partial charge on any atom is 0.343 e. The van der Waals surface area contributed by atoms with Gasteiger partial charge in [0.2, 0.25) is 0 Å². The van der Waals surface area contributed by atoms with Crippen molar-refractivity contribution in [2.45, 2.75) is 24.3 Å². The molecule has 0 fully saturated rings. The summed E-state index contributed by atoms with van der Waals surface area (Å²) < 4.78 is 6.45. The minimum atomic E-state index is -0.530. The summed E-state index contributed by atoms with van der Waals surface area (Å²) in [5.74, 6) is 0.253. The Morgan fingerprint density at radius 2 is 2.33 bits per heavy atom. The average molecular weight is 309 g/mol. The number of carbonyl (C=O) groups is 1. The molecule has 2 aromatic heterocycles. The molecule has 0 bridgehead atoms. The molecule has 0 aromatic carbocycles. The highest BCUT2D eigenvalue weighted by atomic mass is 32.2. The second kappa shape index (κ2) is 6.48. The molecule has 0 aliphatic carbocycles. The van der Waals surface area contributed by atoms with Crippen molar-refractivity contribution in [3.63, 3.8) is 0 Å². The fourth-order valence-corrected chi connectivity index (χ4v) is 2.48. The molecule has 2 N–H and O–H groups in total. The number of nitrogen functional groups attached to an aromatic ring is 1. The summed E-state index contributed by atoms with van der Waals surface area (Å²) in [6.07, 6.45) is 1.37. The fraction of sp³-hybridized carbons (Fsp3) is 0.455. The number of thioether (sulfide) groups is 1. The number of nitrogens with zero attached hydrogens (tertiary/aromatic N) is 6. The Morgan fingerprint density at radius 1 is 1.57 bits per heavy atom. The van der Waals surface area contributed by atoms with Gasteiger partial charge in [-0.25, -0.2) is 19.4 Å². The van der Waals surface area contributed by atoms with E-state index in [1.807, 2.05) is 6.92 Å². The Kier molecular flexibility index (Phi) is 4.68. The van der Waals surface area contributed by atoms with Crippen LogP contribution in [0.15, 0.2) is 11.4 Å². The standard InChI is InChI=1S/C11H15N7O2S/c1-4-20-10(19)7-5-13-11(14-8(7)12)21-6(2)9-15-16-17-18(9)3/h5-6H,4H2,1-3H3,(H2,12,13,14)/t6-/m1/s1. The van der Waals surface area contributed by atoms with Crippen molar-refractivity contribution in [2.75, 3.05) is 12.3 Å². The summed E-state index contributed by atoms with van der Waals surface area (Å²) in [7, 11) is 1.76. The number of nitrogens with two attached hydrogens (primary N) is 1. The fourth-order valence-electron chi connectivity index (χ4n) is 1.59. The van der Waals surface area contributed by atoms with Crippen LogP contribution in [0.5, 0.6) is 0 Å². The number of aromatic nitrogens is 6. The lowest BCUT2D eigenvalue weighted by Gasteiger charge is -2.09. The van der Waals surface area contributed by atoms with E-state index in [9.17, 15) is 4.79 Å². The number of ether oxygens (including phenoxy) is 1. The van der Waals surface area contributed by atoms with Gasteiger partial charge in [-0.05, 0) is 24.3 Å². The molecule has 0 amide bonds. The molecule has 2 rings (SSSR count). The number of tetrazole rings is 1. The number of esters is 1. The zero-order chi connectivity index (χ0) is 15.4. The number of hydrogen-bond acceptors (Lipinski definition) is 9. The van der Waals surface area contributed by atoms with Gasteiger partial charge in [-0.1, -0.05) is 11.8 Å². The summed E-state index contributed by atoms with van der Waals surface area (Å²) in [6.45, 7) is 3.91. The molecule has 0 radical (unpaired) electrons. The lowest BCUT2D eigenvalue weighted by Crippen LogP contribution is -2.11. The van der Waals surface area contributed by atoms with Gasteiger partial charge in [0, 0.05) is 13.2 Å². The maximum absolute atomic E-state index is 11.6. The average Bonchev–Trinajstić information content (AvgIpc) is 2.85. The lowest BCUT2D eigenvalue weighted by atomic mass is 10.3. The Balaban J connectivity index is 2.13. The Bertz CT molecular complexity index is 645. The van der Waals surface area contributed by atoms with E-state index >= 15 is 0 Å². The van der Waals surface area contributed by atoms with Gasteiger partial charge in [-0.3, -0.25) is 0 Å². The van der Waals surface area contributed by atoms with E-state index in [4.69, 9.17) is 10.5 Å². The van der Waals surface area contributed by atoms with Crippen molar-refractivity contribution in [3.05, 3.63) is 17.6 Å². The van der Waals surface area contributed by atoms with Gasteiger partial charge in [0.05, 0.1) is 11.9 Å². The predicted octanol–water partition coefficient (Wildman–Crippen LogP) is 0.612. The van der Waals surface area contributed by atoms with Crippen molar-refractivity contribution in [1.29, 1.82) is 0 Å². The molecular weight excluding hydrogens is 294 g/mol. The van der Waals surface area contributed by atoms with Crippen molar-refractivity contribution in [3.8, 4) is 0 Å². The number of hydrogen-bond donors (Lipinski definition) is 1. The van der Waals surface area contributed by atoms with E-state index in [1.54, 1.807) is 18.7 Å². The molecule has 112 valence electrons. The van der Waals surface area contributed by atoms with Crippen molar-refractivity contribution >= 4 is 23.5 Å². The third kappa shape index (κ3) is 3.45. The molecule has 0 saturated heterocycles. The van der Waals surface area contributed by atoms with Crippen LogP contribution in [0.4, 0.5) is 5.82 Å². The molecule has 0 aliphatic heterocycles. The summed E-state index contributed by atoms with van der Waals surface area (Å²) in [5.41, 5.74) is 5.93. The molecule has 2 aromatic rings. The molecule has 10 heteroatoms. The van der Waals surface area contributed by atoms with Gasteiger partial charge in [0.1, 0.15) is 11.4 Å². The largest absolute Gasteiger partial charge is 0.462 e. The first-order valence-electron chi connectivity index (χ1n) is 6.21. The van der Waals surface area contributed by atoms with Gasteiger partial charge in [0.25, 0.3) is 0 Å². The van der Waals surface area contributed by atoms with E-state index in [2.05, 4.69) is 25.5 Å². The Hall–Kier alpha value is -2.23. The van der Waals surface area contributed by atoms with Gasteiger partial charge >= 0.3 is 5.97 Å². The number of aryl methyl sites for hydroxylation is 1. The van der Waals surface area contributed by atoms with Crippen LogP contribution in [-0.2, 0) is 11.8 Å². The molecule has 0 unspecified atom stereocenters. The number of anilines is 1. The SMILES string of the molecule is CCOC(=O)c1cnc(S[C@H](C)c2nnnn2C)nc1N. The third-order valence-electron chi connectivity index (χ3n) is 2.59. The molecule has 2 heterocycles. The normalized spacial score (nSPS) is 12.1. The quantitative estimate of drug-likeness (QED) is 0.481. The minimum Gasteiger partial charge on any atom is -0.462 e. The third-order valence-corrected chi connectivity index (χ3v) is 3.56. The molecule has 0 aliphatic rings. The molecule has 9 nitrogen and oxygen atoms in total. The maximum atomic E-state index is 11.6. The summed E-state index contributed by atoms with van der Waals surface area (Å²) in [4.78, 5) is 19.8. The van der Waals surface area contributed by atoms with Gasteiger partial charge in [0.15, 0.2) is 11.0 Å². The van der Waals surface area contributed by atoms with E-state index in [0.29, 0.717) is 11.0 Å². The van der Waals surface area contributed by atoms with Crippen LogP contribution < -0.4 is 5.73 Å². The highest BCUT2D eigenvalue weighted by Gasteiger charge is 2.18. The van der Waals surface area contributed by atoms with Crippen molar-refractivity contribution in [2.24, 2.45) is 7.05 Å². The first-order chi connectivity index (χ1) is 10.0. The van der Waals surface area contributed by atoms with Crippen LogP contribution in [0.25, 0.3) is 0 Å². The molecule has 1 atom stereocenters. The second-order valence-electron chi connectivity index (χ2n) is 4.09. The monoisotopic (exact) mass is 309 g/mol. The van der Waals surface area contributed by atoms with E-state index in [-0.39, 0.29) is 23.2 Å². The lowest BCUT2D eigenvalue weighted by molar-refractivity contribution is 0.0526. The van der Waals surface area contributed by atoms with E-state index in [0.717, 1.165) is 0 Å². The van der Waals surface area contributed by atoms with Crippen LogP contribution in [0, 0.1) is 0 Å². The van der Waals surface area contributed by atoms with Crippen LogP contribution in [0.2, 0.25) is 0 Å². The summed E-state index contributed by atoms with van der Waals surface area (Å²) in [6, 6.07) is 0. The van der Waals surface area contributed by atoms with Gasteiger partial charge in [-0.15, -0.1) is 5.10 Å². The highest BCUT2D eigenvalue weighted by Crippen LogP contribution is 2.31. The number of carbonyl (C=O) groups excluding carboxylic acids is 1.